The van der Waals surface area contributed by atoms with Gasteiger partial charge < -0.3 is 5.32 Å². The summed E-state index contributed by atoms with van der Waals surface area (Å²) < 4.78 is 0. The highest BCUT2D eigenvalue weighted by Crippen LogP contribution is 2.11. The van der Waals surface area contributed by atoms with Crippen molar-refractivity contribution in [1.29, 1.82) is 0 Å². The summed E-state index contributed by atoms with van der Waals surface area (Å²) in [6, 6.07) is 0. The summed E-state index contributed by atoms with van der Waals surface area (Å²) in [5, 5.41) is 3.95. The van der Waals surface area contributed by atoms with E-state index in [9.17, 15) is 4.79 Å². The monoisotopic (exact) mass is 272 g/mol. The van der Waals surface area contributed by atoms with E-state index in [1.807, 2.05) is 13.1 Å². The number of thioether (sulfide) groups is 1. The average molecular weight is 272 g/mol. The molecule has 0 unspecified atom stereocenters. The van der Waals surface area contributed by atoms with Gasteiger partial charge in [0, 0.05) is 11.1 Å². The Balaban J connectivity index is 2.09. The van der Waals surface area contributed by atoms with Crippen molar-refractivity contribution in [3.8, 4) is 0 Å². The molecular weight excluding hydrogens is 252 g/mol. The van der Waals surface area contributed by atoms with Crippen LogP contribution >= 0.6 is 23.1 Å². The Labute approximate surface area is 111 Å². The Bertz CT molecular complexity index is 350. The van der Waals surface area contributed by atoms with Gasteiger partial charge in [-0.25, -0.2) is 4.98 Å². The second-order valence-electron chi connectivity index (χ2n) is 4.36. The molecule has 1 aromatic rings. The zero-order chi connectivity index (χ0) is 12.7. The Morgan fingerprint density at radius 3 is 2.94 bits per heavy atom. The van der Waals surface area contributed by atoms with Crippen molar-refractivity contribution in [2.45, 2.75) is 33.7 Å². The van der Waals surface area contributed by atoms with E-state index in [4.69, 9.17) is 0 Å². The highest BCUT2D eigenvalue weighted by Gasteiger charge is 2.03. The third-order valence-corrected chi connectivity index (χ3v) is 4.11. The Morgan fingerprint density at radius 2 is 2.35 bits per heavy atom. The second-order valence-corrected chi connectivity index (χ2v) is 6.78. The van der Waals surface area contributed by atoms with Gasteiger partial charge in [-0.2, -0.15) is 11.8 Å². The van der Waals surface area contributed by atoms with Crippen LogP contribution in [0.1, 0.15) is 30.2 Å². The van der Waals surface area contributed by atoms with Crippen LogP contribution in [-0.4, -0.2) is 22.4 Å². The number of nitrogens with zero attached hydrogens (tertiary/aromatic N) is 1. The highest BCUT2D eigenvalue weighted by molar-refractivity contribution is 7.99. The zero-order valence-corrected chi connectivity index (χ0v) is 12.3. The molecule has 1 aromatic heterocycles. The summed E-state index contributed by atoms with van der Waals surface area (Å²) in [4.78, 5) is 16.8. The zero-order valence-electron chi connectivity index (χ0n) is 10.7. The second kappa shape index (κ2) is 7.71. The standard InChI is InChI=1S/C12H20N2OS2/c1-9(2)4-5-16-8-12(15)14-7-11-6-13-10(3)17-11/h6,9H,4-5,7-8H2,1-3H3,(H,14,15). The van der Waals surface area contributed by atoms with Gasteiger partial charge in [0.05, 0.1) is 17.3 Å². The largest absolute Gasteiger partial charge is 0.350 e. The topological polar surface area (TPSA) is 42.0 Å². The van der Waals surface area contributed by atoms with Crippen molar-refractivity contribution < 1.29 is 4.79 Å². The highest BCUT2D eigenvalue weighted by atomic mass is 32.2. The lowest BCUT2D eigenvalue weighted by molar-refractivity contribution is -0.118. The Morgan fingerprint density at radius 1 is 1.59 bits per heavy atom. The van der Waals surface area contributed by atoms with E-state index in [1.54, 1.807) is 23.1 Å². The lowest BCUT2D eigenvalue weighted by Crippen LogP contribution is -2.24. The van der Waals surface area contributed by atoms with E-state index >= 15 is 0 Å². The Hall–Kier alpha value is -0.550. The SMILES string of the molecule is Cc1ncc(CNC(=O)CSCCC(C)C)s1. The number of thiazole rings is 1. The molecule has 5 heteroatoms. The minimum Gasteiger partial charge on any atom is -0.350 e. The predicted molar refractivity (Wildman–Crippen MR) is 75.5 cm³/mol. The van der Waals surface area contributed by atoms with Crippen LogP contribution in [0.15, 0.2) is 6.20 Å². The van der Waals surface area contributed by atoms with Gasteiger partial charge in [0.15, 0.2) is 0 Å². The minimum absolute atomic E-state index is 0.116. The molecule has 0 spiro atoms. The summed E-state index contributed by atoms with van der Waals surface area (Å²) in [7, 11) is 0. The molecule has 0 aliphatic heterocycles. The lowest BCUT2D eigenvalue weighted by atomic mass is 10.2. The molecule has 1 heterocycles. The first-order valence-electron chi connectivity index (χ1n) is 5.83. The fourth-order valence-corrected chi connectivity index (χ4v) is 3.01. The molecule has 3 nitrogen and oxygen atoms in total. The average Bonchev–Trinajstić information content (AvgIpc) is 2.67. The van der Waals surface area contributed by atoms with Gasteiger partial charge in [-0.3, -0.25) is 4.79 Å². The molecule has 0 aliphatic rings. The molecule has 17 heavy (non-hydrogen) atoms. The quantitative estimate of drug-likeness (QED) is 0.776. The number of carbonyl (C=O) groups excluding carboxylic acids is 1. The van der Waals surface area contributed by atoms with Crippen LogP contribution < -0.4 is 5.32 Å². The molecule has 1 amide bonds. The summed E-state index contributed by atoms with van der Waals surface area (Å²) >= 11 is 3.34. The van der Waals surface area contributed by atoms with E-state index in [2.05, 4.69) is 24.1 Å². The molecule has 0 radical (unpaired) electrons. The number of carbonyl (C=O) groups is 1. The number of hydrogen-bond donors (Lipinski definition) is 1. The van der Waals surface area contributed by atoms with Crippen LogP contribution in [0.25, 0.3) is 0 Å². The number of aromatic nitrogens is 1. The van der Waals surface area contributed by atoms with Gasteiger partial charge in [0.2, 0.25) is 5.91 Å². The first kappa shape index (κ1) is 14.5. The molecule has 0 atom stereocenters. The lowest BCUT2D eigenvalue weighted by Gasteiger charge is -2.05. The van der Waals surface area contributed by atoms with Crippen LogP contribution in [0.2, 0.25) is 0 Å². The Kier molecular flexibility index (Phi) is 6.58. The maximum absolute atomic E-state index is 11.5. The molecule has 1 N–H and O–H groups in total. The van der Waals surface area contributed by atoms with Crippen molar-refractivity contribution in [2.24, 2.45) is 5.92 Å². The molecule has 96 valence electrons. The van der Waals surface area contributed by atoms with Gasteiger partial charge in [0.1, 0.15) is 0 Å². The molecule has 0 saturated carbocycles. The first-order chi connectivity index (χ1) is 8.08. The number of nitrogens with one attached hydrogen (secondary N) is 1. The normalized spacial score (nSPS) is 10.8. The van der Waals surface area contributed by atoms with Gasteiger partial charge in [-0.15, -0.1) is 11.3 Å². The molecular formula is C12H20N2OS2. The van der Waals surface area contributed by atoms with Crippen LogP contribution in [0, 0.1) is 12.8 Å². The molecule has 0 aliphatic carbocycles. The minimum atomic E-state index is 0.116. The van der Waals surface area contributed by atoms with E-state index in [1.165, 1.54) is 6.42 Å². The maximum atomic E-state index is 11.5. The van der Waals surface area contributed by atoms with Gasteiger partial charge in [0.25, 0.3) is 0 Å². The van der Waals surface area contributed by atoms with E-state index < -0.39 is 0 Å². The summed E-state index contributed by atoms with van der Waals surface area (Å²) in [5.74, 6) is 2.45. The van der Waals surface area contributed by atoms with Crippen LogP contribution in [0.5, 0.6) is 0 Å². The molecule has 0 fully saturated rings. The maximum Gasteiger partial charge on any atom is 0.230 e. The summed E-state index contributed by atoms with van der Waals surface area (Å²) in [6.45, 7) is 6.98. The number of amides is 1. The predicted octanol–water partition coefficient (Wildman–Crippen LogP) is 2.85. The number of hydrogen-bond acceptors (Lipinski definition) is 4. The van der Waals surface area contributed by atoms with Gasteiger partial charge >= 0.3 is 0 Å². The smallest absolute Gasteiger partial charge is 0.230 e. The van der Waals surface area contributed by atoms with Crippen LogP contribution in [0.4, 0.5) is 0 Å². The van der Waals surface area contributed by atoms with E-state index in [0.29, 0.717) is 18.2 Å². The molecule has 0 bridgehead atoms. The fourth-order valence-electron chi connectivity index (χ4n) is 1.21. The van der Waals surface area contributed by atoms with Crippen molar-refractivity contribution in [2.75, 3.05) is 11.5 Å². The van der Waals surface area contributed by atoms with Crippen molar-refractivity contribution in [1.82, 2.24) is 10.3 Å². The van der Waals surface area contributed by atoms with Crippen LogP contribution in [0.3, 0.4) is 0 Å². The molecule has 0 saturated heterocycles. The van der Waals surface area contributed by atoms with E-state index in [0.717, 1.165) is 15.6 Å². The van der Waals surface area contributed by atoms with Crippen molar-refractivity contribution in [3.63, 3.8) is 0 Å². The van der Waals surface area contributed by atoms with Crippen molar-refractivity contribution in [3.05, 3.63) is 16.1 Å². The molecule has 0 aromatic carbocycles. The first-order valence-corrected chi connectivity index (χ1v) is 7.81. The van der Waals surface area contributed by atoms with Gasteiger partial charge in [-0.05, 0) is 25.0 Å². The van der Waals surface area contributed by atoms with Crippen LogP contribution in [-0.2, 0) is 11.3 Å². The third-order valence-electron chi connectivity index (χ3n) is 2.20. The van der Waals surface area contributed by atoms with Gasteiger partial charge in [-0.1, -0.05) is 13.8 Å². The third kappa shape index (κ3) is 6.68. The summed E-state index contributed by atoms with van der Waals surface area (Å²) in [5.41, 5.74) is 0. The summed E-state index contributed by atoms with van der Waals surface area (Å²) in [6.07, 6.45) is 3.00. The number of aryl methyl sites for hydroxylation is 1. The van der Waals surface area contributed by atoms with E-state index in [-0.39, 0.29) is 5.91 Å². The molecule has 1 rings (SSSR count). The number of rotatable bonds is 7. The van der Waals surface area contributed by atoms with Crippen molar-refractivity contribution >= 4 is 29.0 Å². The fraction of sp³-hybridized carbons (Fsp3) is 0.667.